The summed E-state index contributed by atoms with van der Waals surface area (Å²) in [4.78, 5) is 25.0. The first-order chi connectivity index (χ1) is 5.11. The van der Waals surface area contributed by atoms with E-state index in [9.17, 15) is 9.59 Å². The van der Waals surface area contributed by atoms with Gasteiger partial charge in [0.2, 0.25) is 5.91 Å². The fourth-order valence-corrected chi connectivity index (χ4v) is 0.747. The normalized spacial score (nSPS) is 10.9. The first-order valence-corrected chi connectivity index (χ1v) is 3.53. The Morgan fingerprint density at radius 1 is 1.67 bits per heavy atom. The zero-order valence-electron chi connectivity index (χ0n) is 6.74. The van der Waals surface area contributed by atoms with Crippen LogP contribution in [0.1, 0.15) is 6.92 Å². The van der Waals surface area contributed by atoms with Gasteiger partial charge in [-0.1, -0.05) is 0 Å². The Balaban J connectivity index is 0. The molecule has 0 heterocycles. The average molecular weight is 244 g/mol. The van der Waals surface area contributed by atoms with Crippen LogP contribution in [0, 0.1) is 0 Å². The molecule has 12 heavy (non-hydrogen) atoms. The van der Waals surface area contributed by atoms with Crippen LogP contribution in [0.5, 0.6) is 0 Å². The van der Waals surface area contributed by atoms with Gasteiger partial charge in [-0.25, -0.2) is 4.79 Å². The van der Waals surface area contributed by atoms with Crippen molar-refractivity contribution in [3.05, 3.63) is 0 Å². The number of hydrogen-bond donors (Lipinski definition) is 3. The number of nitrogens with one attached hydrogen (secondary N) is 1. The van der Waals surface area contributed by atoms with Crippen LogP contribution in [-0.4, -0.2) is 23.7 Å². The van der Waals surface area contributed by atoms with Crippen molar-refractivity contribution < 1.29 is 33.9 Å². The monoisotopic (exact) mass is 242 g/mol. The summed E-state index contributed by atoms with van der Waals surface area (Å²) < 4.78 is 0. The smallest absolute Gasteiger partial charge is 0.347 e. The van der Waals surface area contributed by atoms with E-state index in [1.807, 2.05) is 0 Å². The summed E-state index contributed by atoms with van der Waals surface area (Å²) in [7, 11) is 0. The van der Waals surface area contributed by atoms with Gasteiger partial charge in [-0.05, 0) is 0 Å². The summed E-state index contributed by atoms with van der Waals surface area (Å²) in [5.74, 6) is 3.73. The van der Waals surface area contributed by atoms with E-state index >= 15 is 0 Å². The van der Waals surface area contributed by atoms with E-state index in [4.69, 9.17) is 0 Å². The number of hydrogen-bond acceptors (Lipinski definition) is 5. The maximum Gasteiger partial charge on any atom is 0.347 e. The number of amides is 1. The van der Waals surface area contributed by atoms with Gasteiger partial charge < -0.3 is 10.2 Å². The summed E-state index contributed by atoms with van der Waals surface area (Å²) in [6.45, 7) is 1.29. The van der Waals surface area contributed by atoms with Gasteiger partial charge in [0.1, 0.15) is 6.04 Å². The van der Waals surface area contributed by atoms with Gasteiger partial charge in [-0.15, -0.1) is 0 Å². The van der Waals surface area contributed by atoms with Gasteiger partial charge in [0, 0.05) is 32.2 Å². The molecule has 0 aliphatic heterocycles. The molecular weight excluding hydrogens is 234 g/mol. The van der Waals surface area contributed by atoms with Crippen molar-refractivity contribution in [1.82, 2.24) is 5.32 Å². The largest absolute Gasteiger partial charge is 0.372 e. The number of rotatable bonds is 3. The molecule has 0 fully saturated rings. The minimum Gasteiger partial charge on any atom is -0.372 e. The third-order valence-corrected chi connectivity index (χ3v) is 1.33. The summed E-state index contributed by atoms with van der Waals surface area (Å²) in [5.41, 5.74) is 0. The van der Waals surface area contributed by atoms with Gasteiger partial charge in [0.25, 0.3) is 0 Å². The SMILES string of the molecule is CC(=O)N[C@@H](CS)C(=O)ON.[Zn]. The third-order valence-electron chi connectivity index (χ3n) is 0.961. The molecule has 0 aliphatic carbocycles. The first kappa shape index (κ1) is 14.4. The van der Waals surface area contributed by atoms with Crippen molar-refractivity contribution in [3.63, 3.8) is 0 Å². The molecule has 0 saturated heterocycles. The summed E-state index contributed by atoms with van der Waals surface area (Å²) >= 11 is 3.81. The van der Waals surface area contributed by atoms with Crippen LogP contribution in [0.15, 0.2) is 0 Å². The Hall–Kier alpha value is -0.127. The standard InChI is InChI=1S/C5H10N2O3S.Zn/c1-3(8)7-4(2-11)5(9)10-6;/h4,11H,2,6H2,1H3,(H,7,8);/t4-;/m0./s1. The van der Waals surface area contributed by atoms with Crippen LogP contribution in [0.4, 0.5) is 0 Å². The Bertz CT molecular complexity index is 167. The average Bonchev–Trinajstić information content (AvgIpc) is 1.98. The van der Waals surface area contributed by atoms with Gasteiger partial charge in [0.15, 0.2) is 0 Å². The van der Waals surface area contributed by atoms with Gasteiger partial charge in [-0.2, -0.15) is 18.5 Å². The Labute approximate surface area is 88.5 Å². The van der Waals surface area contributed by atoms with Crippen LogP contribution in [0.3, 0.4) is 0 Å². The molecule has 3 N–H and O–H groups in total. The topological polar surface area (TPSA) is 81.4 Å². The van der Waals surface area contributed by atoms with Gasteiger partial charge in [-0.3, -0.25) is 4.79 Å². The van der Waals surface area contributed by atoms with E-state index in [-0.39, 0.29) is 31.1 Å². The molecule has 7 heteroatoms. The zero-order chi connectivity index (χ0) is 8.85. The Morgan fingerprint density at radius 3 is 2.42 bits per heavy atom. The molecular formula is C5H10N2O3SZn. The van der Waals surface area contributed by atoms with Crippen LogP contribution in [0.25, 0.3) is 0 Å². The third kappa shape index (κ3) is 5.51. The molecule has 5 nitrogen and oxygen atoms in total. The molecule has 0 rings (SSSR count). The van der Waals surface area contributed by atoms with E-state index < -0.39 is 12.0 Å². The molecule has 1 atom stereocenters. The molecule has 0 saturated carbocycles. The molecule has 66 valence electrons. The second-order valence-electron chi connectivity index (χ2n) is 1.87. The second-order valence-corrected chi connectivity index (χ2v) is 2.24. The molecule has 0 aliphatic rings. The molecule has 0 spiro atoms. The predicted octanol–water partition coefficient (Wildman–Crippen LogP) is -1.16. The van der Waals surface area contributed by atoms with Crippen molar-refractivity contribution in [1.29, 1.82) is 0 Å². The van der Waals surface area contributed by atoms with Crippen molar-refractivity contribution in [3.8, 4) is 0 Å². The van der Waals surface area contributed by atoms with Crippen molar-refractivity contribution in [2.75, 3.05) is 5.75 Å². The van der Waals surface area contributed by atoms with Crippen LogP contribution >= 0.6 is 12.6 Å². The molecule has 0 radical (unpaired) electrons. The fourth-order valence-electron chi connectivity index (χ4n) is 0.507. The summed E-state index contributed by atoms with van der Waals surface area (Å²) in [6.07, 6.45) is 0. The van der Waals surface area contributed by atoms with E-state index in [0.717, 1.165) is 0 Å². The van der Waals surface area contributed by atoms with Gasteiger partial charge in [0.05, 0.1) is 0 Å². The molecule has 0 aromatic carbocycles. The summed E-state index contributed by atoms with van der Waals surface area (Å²) in [6, 6.07) is -0.763. The molecule has 0 aromatic heterocycles. The number of carbonyl (C=O) groups is 2. The maximum absolute atomic E-state index is 10.7. The van der Waals surface area contributed by atoms with Gasteiger partial charge >= 0.3 is 5.97 Å². The quantitative estimate of drug-likeness (QED) is 0.332. The maximum atomic E-state index is 10.7. The minimum atomic E-state index is -0.763. The minimum absolute atomic E-state index is 0. The number of carbonyl (C=O) groups excluding carboxylic acids is 2. The number of nitrogens with two attached hydrogens (primary N) is 1. The van der Waals surface area contributed by atoms with E-state index in [1.165, 1.54) is 6.92 Å². The molecule has 0 aromatic rings. The fraction of sp³-hybridized carbons (Fsp3) is 0.600. The van der Waals surface area contributed by atoms with Crippen molar-refractivity contribution >= 4 is 24.5 Å². The zero-order valence-corrected chi connectivity index (χ0v) is 10.6. The van der Waals surface area contributed by atoms with E-state index in [2.05, 4.69) is 28.7 Å². The predicted molar refractivity (Wildman–Crippen MR) is 41.7 cm³/mol. The van der Waals surface area contributed by atoms with Crippen LogP contribution < -0.4 is 11.2 Å². The molecule has 0 unspecified atom stereocenters. The molecule has 0 bridgehead atoms. The van der Waals surface area contributed by atoms with Crippen molar-refractivity contribution in [2.24, 2.45) is 5.90 Å². The number of thiol groups is 1. The second kappa shape index (κ2) is 7.52. The molecule has 1 amide bonds. The van der Waals surface area contributed by atoms with E-state index in [1.54, 1.807) is 0 Å². The van der Waals surface area contributed by atoms with E-state index in [0.29, 0.717) is 0 Å². The Kier molecular flexibility index (Phi) is 9.02. The summed E-state index contributed by atoms with van der Waals surface area (Å²) in [5, 5.41) is 2.31. The van der Waals surface area contributed by atoms with Crippen LogP contribution in [0.2, 0.25) is 0 Å². The van der Waals surface area contributed by atoms with Crippen LogP contribution in [-0.2, 0) is 33.9 Å². The van der Waals surface area contributed by atoms with Crippen molar-refractivity contribution in [2.45, 2.75) is 13.0 Å². The first-order valence-electron chi connectivity index (χ1n) is 2.90. The Morgan fingerprint density at radius 2 is 2.17 bits per heavy atom.